The van der Waals surface area contributed by atoms with E-state index in [1.54, 1.807) is 26.0 Å². The number of aliphatic carboxylic acids is 1. The number of hydrogen-bond acceptors (Lipinski definition) is 2. The largest absolute Gasteiger partial charge is 0.480 e. The van der Waals surface area contributed by atoms with Crippen LogP contribution in [0.4, 0.5) is 0 Å². The van der Waals surface area contributed by atoms with Crippen molar-refractivity contribution in [2.24, 2.45) is 5.92 Å². The standard InChI is InChI=1S/C12H13BrClNO3/c1-6(2)10(12(17)18)15-11(16)8-5-7(14)3-4-9(8)13/h3-6,10H,1-2H3,(H,15,16)(H,17,18). The summed E-state index contributed by atoms with van der Waals surface area (Å²) in [5.41, 5.74) is 0.314. The molecule has 0 saturated carbocycles. The number of amides is 1. The average molecular weight is 335 g/mol. The number of carboxylic acid groups (broad SMARTS) is 1. The molecule has 0 saturated heterocycles. The zero-order valence-electron chi connectivity index (χ0n) is 9.91. The quantitative estimate of drug-likeness (QED) is 0.889. The fourth-order valence-electron chi connectivity index (χ4n) is 1.40. The van der Waals surface area contributed by atoms with Gasteiger partial charge in [-0.15, -0.1) is 0 Å². The van der Waals surface area contributed by atoms with Gasteiger partial charge in [-0.05, 0) is 40.0 Å². The van der Waals surface area contributed by atoms with Crippen molar-refractivity contribution < 1.29 is 14.7 Å². The smallest absolute Gasteiger partial charge is 0.326 e. The van der Waals surface area contributed by atoms with Crippen LogP contribution >= 0.6 is 27.5 Å². The Bertz CT molecular complexity index is 476. The molecule has 0 fully saturated rings. The summed E-state index contributed by atoms with van der Waals surface area (Å²) in [6.45, 7) is 3.46. The third-order valence-corrected chi connectivity index (χ3v) is 3.32. The maximum Gasteiger partial charge on any atom is 0.326 e. The summed E-state index contributed by atoms with van der Waals surface area (Å²) >= 11 is 9.03. The maximum absolute atomic E-state index is 12.0. The number of carbonyl (C=O) groups excluding carboxylic acids is 1. The molecule has 6 heteroatoms. The number of nitrogens with one attached hydrogen (secondary N) is 1. The molecule has 98 valence electrons. The summed E-state index contributed by atoms with van der Waals surface area (Å²) in [7, 11) is 0. The van der Waals surface area contributed by atoms with E-state index >= 15 is 0 Å². The molecule has 0 aliphatic heterocycles. The van der Waals surface area contributed by atoms with Gasteiger partial charge in [0.05, 0.1) is 5.56 Å². The molecule has 2 N–H and O–H groups in total. The van der Waals surface area contributed by atoms with Crippen molar-refractivity contribution in [3.05, 3.63) is 33.3 Å². The lowest BCUT2D eigenvalue weighted by Crippen LogP contribution is -2.44. The van der Waals surface area contributed by atoms with Gasteiger partial charge >= 0.3 is 5.97 Å². The van der Waals surface area contributed by atoms with E-state index in [0.717, 1.165) is 0 Å². The number of carboxylic acids is 1. The van der Waals surface area contributed by atoms with Crippen molar-refractivity contribution in [3.8, 4) is 0 Å². The molecule has 0 aliphatic carbocycles. The molecule has 1 unspecified atom stereocenters. The highest BCUT2D eigenvalue weighted by atomic mass is 79.9. The fourth-order valence-corrected chi connectivity index (χ4v) is 2.00. The zero-order chi connectivity index (χ0) is 13.9. The Balaban J connectivity index is 2.94. The minimum Gasteiger partial charge on any atom is -0.480 e. The molecular weight excluding hydrogens is 321 g/mol. The van der Waals surface area contributed by atoms with Crippen LogP contribution in [0.25, 0.3) is 0 Å². The normalized spacial score (nSPS) is 12.3. The lowest BCUT2D eigenvalue weighted by atomic mass is 10.0. The molecule has 0 bridgehead atoms. The van der Waals surface area contributed by atoms with Crippen molar-refractivity contribution >= 4 is 39.4 Å². The summed E-state index contributed by atoms with van der Waals surface area (Å²) in [4.78, 5) is 23.0. The van der Waals surface area contributed by atoms with Crippen LogP contribution in [0.5, 0.6) is 0 Å². The number of rotatable bonds is 4. The number of halogens is 2. The van der Waals surface area contributed by atoms with E-state index < -0.39 is 17.9 Å². The molecule has 4 nitrogen and oxygen atoms in total. The van der Waals surface area contributed by atoms with Gasteiger partial charge in [-0.3, -0.25) is 4.79 Å². The molecule has 18 heavy (non-hydrogen) atoms. The van der Waals surface area contributed by atoms with E-state index in [4.69, 9.17) is 16.7 Å². The first-order valence-electron chi connectivity index (χ1n) is 5.31. The molecule has 0 aromatic heterocycles. The lowest BCUT2D eigenvalue weighted by molar-refractivity contribution is -0.140. The fraction of sp³-hybridized carbons (Fsp3) is 0.333. The predicted molar refractivity (Wildman–Crippen MR) is 72.9 cm³/mol. The number of benzene rings is 1. The van der Waals surface area contributed by atoms with Crippen molar-refractivity contribution in [2.75, 3.05) is 0 Å². The van der Waals surface area contributed by atoms with Gasteiger partial charge in [-0.1, -0.05) is 25.4 Å². The van der Waals surface area contributed by atoms with Gasteiger partial charge < -0.3 is 10.4 Å². The van der Waals surface area contributed by atoms with Gasteiger partial charge in [0.1, 0.15) is 6.04 Å². The van der Waals surface area contributed by atoms with E-state index in [2.05, 4.69) is 21.2 Å². The molecule has 1 aromatic carbocycles. The maximum atomic E-state index is 12.0. The van der Waals surface area contributed by atoms with Gasteiger partial charge in [0.2, 0.25) is 0 Å². The highest BCUT2D eigenvalue weighted by Crippen LogP contribution is 2.21. The molecule has 1 amide bonds. The van der Waals surface area contributed by atoms with Gasteiger partial charge in [0, 0.05) is 9.50 Å². The minimum absolute atomic E-state index is 0.204. The lowest BCUT2D eigenvalue weighted by Gasteiger charge is -2.18. The van der Waals surface area contributed by atoms with E-state index in [1.807, 2.05) is 0 Å². The van der Waals surface area contributed by atoms with E-state index in [9.17, 15) is 9.59 Å². The predicted octanol–water partition coefficient (Wildman–Crippen LogP) is 2.94. The summed E-state index contributed by atoms with van der Waals surface area (Å²) in [5, 5.41) is 11.9. The highest BCUT2D eigenvalue weighted by molar-refractivity contribution is 9.10. The molecule has 0 heterocycles. The van der Waals surface area contributed by atoms with Crippen LogP contribution in [-0.2, 0) is 4.79 Å². The Labute approximate surface area is 118 Å². The Morgan fingerprint density at radius 1 is 1.39 bits per heavy atom. The number of hydrogen-bond donors (Lipinski definition) is 2. The molecular formula is C12H13BrClNO3. The van der Waals surface area contributed by atoms with Crippen LogP contribution < -0.4 is 5.32 Å². The van der Waals surface area contributed by atoms with Crippen LogP contribution in [0.15, 0.2) is 22.7 Å². The molecule has 1 atom stereocenters. The first kappa shape index (κ1) is 15.0. The van der Waals surface area contributed by atoms with Crippen molar-refractivity contribution in [1.82, 2.24) is 5.32 Å². The van der Waals surface area contributed by atoms with E-state index in [-0.39, 0.29) is 5.92 Å². The van der Waals surface area contributed by atoms with Gasteiger partial charge in [0.15, 0.2) is 0 Å². The number of carbonyl (C=O) groups is 2. The topological polar surface area (TPSA) is 66.4 Å². The molecule has 0 radical (unpaired) electrons. The van der Waals surface area contributed by atoms with Crippen molar-refractivity contribution in [3.63, 3.8) is 0 Å². The van der Waals surface area contributed by atoms with Crippen LogP contribution in [-0.4, -0.2) is 23.0 Å². The monoisotopic (exact) mass is 333 g/mol. The second-order valence-corrected chi connectivity index (χ2v) is 5.45. The van der Waals surface area contributed by atoms with E-state index in [1.165, 1.54) is 6.07 Å². The summed E-state index contributed by atoms with van der Waals surface area (Å²) in [5.74, 6) is -1.73. The summed E-state index contributed by atoms with van der Waals surface area (Å²) < 4.78 is 0.567. The average Bonchev–Trinajstić information content (AvgIpc) is 2.28. The van der Waals surface area contributed by atoms with Crippen molar-refractivity contribution in [2.45, 2.75) is 19.9 Å². The van der Waals surface area contributed by atoms with Crippen molar-refractivity contribution in [1.29, 1.82) is 0 Å². The van der Waals surface area contributed by atoms with Gasteiger partial charge in [0.25, 0.3) is 5.91 Å². The zero-order valence-corrected chi connectivity index (χ0v) is 12.2. The minimum atomic E-state index is -1.06. The summed E-state index contributed by atoms with van der Waals surface area (Å²) in [6.07, 6.45) is 0. The first-order valence-corrected chi connectivity index (χ1v) is 6.48. The Morgan fingerprint density at radius 3 is 2.50 bits per heavy atom. The van der Waals surface area contributed by atoms with Crippen LogP contribution in [0.3, 0.4) is 0 Å². The third-order valence-electron chi connectivity index (χ3n) is 2.39. The highest BCUT2D eigenvalue weighted by Gasteiger charge is 2.24. The Hall–Kier alpha value is -1.07. The SMILES string of the molecule is CC(C)C(NC(=O)c1cc(Cl)ccc1Br)C(=O)O. The summed E-state index contributed by atoms with van der Waals surface area (Å²) in [6, 6.07) is 3.84. The molecule has 0 spiro atoms. The van der Waals surface area contributed by atoms with Gasteiger partial charge in [-0.2, -0.15) is 0 Å². The second kappa shape index (κ2) is 6.20. The Kier molecular flexibility index (Phi) is 5.16. The third kappa shape index (κ3) is 3.71. The van der Waals surface area contributed by atoms with Crippen LogP contribution in [0, 0.1) is 5.92 Å². The first-order chi connectivity index (χ1) is 8.32. The molecule has 1 aromatic rings. The van der Waals surface area contributed by atoms with Crippen LogP contribution in [0.2, 0.25) is 5.02 Å². The second-order valence-electron chi connectivity index (χ2n) is 4.16. The molecule has 1 rings (SSSR count). The Morgan fingerprint density at radius 2 is 2.00 bits per heavy atom. The van der Waals surface area contributed by atoms with E-state index in [0.29, 0.717) is 15.1 Å². The van der Waals surface area contributed by atoms with Crippen LogP contribution in [0.1, 0.15) is 24.2 Å². The molecule has 0 aliphatic rings. The van der Waals surface area contributed by atoms with Gasteiger partial charge in [-0.25, -0.2) is 4.79 Å².